The van der Waals surface area contributed by atoms with Crippen LogP contribution in [0, 0.1) is 5.82 Å². The average Bonchev–Trinajstić information content (AvgIpc) is 3.19. The summed E-state index contributed by atoms with van der Waals surface area (Å²) in [7, 11) is 0. The Morgan fingerprint density at radius 1 is 1.24 bits per heavy atom. The van der Waals surface area contributed by atoms with E-state index in [0.29, 0.717) is 27.2 Å². The third kappa shape index (κ3) is 5.18. The first-order valence-corrected chi connectivity index (χ1v) is 12.0. The van der Waals surface area contributed by atoms with Gasteiger partial charge in [-0.3, -0.25) is 4.79 Å². The molecule has 0 aliphatic carbocycles. The van der Waals surface area contributed by atoms with Crippen molar-refractivity contribution in [3.63, 3.8) is 0 Å². The molecule has 0 spiro atoms. The second kappa shape index (κ2) is 10.4. The van der Waals surface area contributed by atoms with Crippen molar-refractivity contribution >= 4 is 40.4 Å². The number of halogens is 2. The Hall–Kier alpha value is -3.10. The van der Waals surface area contributed by atoms with Crippen LogP contribution in [0.3, 0.4) is 0 Å². The molecule has 1 N–H and O–H groups in total. The SMILES string of the molecule is CCOC(=O)C1=C(C)N=C2SC=C(CC(=O)NCc3ccc(F)cc3)N2[C@H]1c1cccc(Cl)c1. The van der Waals surface area contributed by atoms with E-state index >= 15 is 0 Å². The van der Waals surface area contributed by atoms with Crippen molar-refractivity contribution in [2.75, 3.05) is 6.61 Å². The lowest BCUT2D eigenvalue weighted by Gasteiger charge is -2.36. The lowest BCUT2D eigenvalue weighted by molar-refractivity contribution is -0.139. The van der Waals surface area contributed by atoms with E-state index in [-0.39, 0.29) is 31.3 Å². The van der Waals surface area contributed by atoms with Gasteiger partial charge in [0, 0.05) is 17.3 Å². The summed E-state index contributed by atoms with van der Waals surface area (Å²) in [6.07, 6.45) is 0.0828. The van der Waals surface area contributed by atoms with Gasteiger partial charge in [0.1, 0.15) is 5.82 Å². The Morgan fingerprint density at radius 2 is 2.00 bits per heavy atom. The standard InChI is InChI=1S/C25H23ClFN3O3S/c1-3-33-24(32)22-15(2)29-25-30(23(22)17-5-4-6-18(26)11-17)20(14-34-25)12-21(31)28-13-16-7-9-19(27)10-8-16/h4-11,14,23H,3,12-13H2,1-2H3,(H,28,31)/t23-/m0/s1. The third-order valence-corrected chi connectivity index (χ3v) is 6.53. The van der Waals surface area contributed by atoms with E-state index in [1.54, 1.807) is 38.1 Å². The molecule has 2 heterocycles. The molecular formula is C25H23ClFN3O3S. The molecule has 2 aliphatic rings. The number of carbonyl (C=O) groups is 2. The van der Waals surface area contributed by atoms with E-state index in [9.17, 15) is 14.0 Å². The topological polar surface area (TPSA) is 71.0 Å². The van der Waals surface area contributed by atoms with Crippen LogP contribution in [0.15, 0.2) is 75.9 Å². The van der Waals surface area contributed by atoms with Gasteiger partial charge in [0.15, 0.2) is 5.17 Å². The maximum absolute atomic E-state index is 13.1. The van der Waals surface area contributed by atoms with Gasteiger partial charge in [-0.25, -0.2) is 14.2 Å². The van der Waals surface area contributed by atoms with Crippen molar-refractivity contribution < 1.29 is 18.7 Å². The predicted octanol–water partition coefficient (Wildman–Crippen LogP) is 5.32. The Bertz CT molecular complexity index is 1210. The lowest BCUT2D eigenvalue weighted by Crippen LogP contribution is -2.38. The third-order valence-electron chi connectivity index (χ3n) is 5.41. The maximum Gasteiger partial charge on any atom is 0.338 e. The van der Waals surface area contributed by atoms with Gasteiger partial charge < -0.3 is 15.0 Å². The van der Waals surface area contributed by atoms with Crippen molar-refractivity contribution in [1.82, 2.24) is 10.2 Å². The molecule has 176 valence electrons. The van der Waals surface area contributed by atoms with Crippen LogP contribution in [-0.2, 0) is 20.9 Å². The average molecular weight is 500 g/mol. The summed E-state index contributed by atoms with van der Waals surface area (Å²) >= 11 is 7.67. The molecule has 1 atom stereocenters. The van der Waals surface area contributed by atoms with Crippen LogP contribution in [0.4, 0.5) is 4.39 Å². The summed E-state index contributed by atoms with van der Waals surface area (Å²) in [6.45, 7) is 4.05. The van der Waals surface area contributed by atoms with Crippen molar-refractivity contribution in [1.29, 1.82) is 0 Å². The van der Waals surface area contributed by atoms with Crippen molar-refractivity contribution in [2.45, 2.75) is 32.9 Å². The molecule has 0 radical (unpaired) electrons. The van der Waals surface area contributed by atoms with E-state index in [0.717, 1.165) is 11.1 Å². The van der Waals surface area contributed by atoms with Crippen LogP contribution >= 0.6 is 23.4 Å². The minimum atomic E-state index is -0.531. The zero-order valence-corrected chi connectivity index (χ0v) is 20.3. The zero-order chi connectivity index (χ0) is 24.2. The summed E-state index contributed by atoms with van der Waals surface area (Å²) in [5.74, 6) is -0.982. The van der Waals surface area contributed by atoms with E-state index < -0.39 is 12.0 Å². The van der Waals surface area contributed by atoms with Gasteiger partial charge in [0.25, 0.3) is 0 Å². The molecule has 9 heteroatoms. The first kappa shape index (κ1) is 24.0. The number of amides is 1. The number of thioether (sulfide) groups is 1. The number of rotatable bonds is 7. The summed E-state index contributed by atoms with van der Waals surface area (Å²) < 4.78 is 18.5. The fourth-order valence-corrected chi connectivity index (χ4v) is 5.02. The highest BCUT2D eigenvalue weighted by molar-refractivity contribution is 8.16. The van der Waals surface area contributed by atoms with Crippen LogP contribution in [0.1, 0.15) is 37.4 Å². The number of nitrogens with one attached hydrogen (secondary N) is 1. The molecule has 6 nitrogen and oxygen atoms in total. The van der Waals surface area contributed by atoms with Crippen molar-refractivity contribution in [2.24, 2.45) is 4.99 Å². The highest BCUT2D eigenvalue weighted by Crippen LogP contribution is 2.45. The Kier molecular flexibility index (Phi) is 7.38. The van der Waals surface area contributed by atoms with Crippen LogP contribution in [0.2, 0.25) is 5.02 Å². The number of benzene rings is 2. The van der Waals surface area contributed by atoms with Gasteiger partial charge in [0.2, 0.25) is 5.91 Å². The molecule has 34 heavy (non-hydrogen) atoms. The Morgan fingerprint density at radius 3 is 2.71 bits per heavy atom. The number of fused-ring (bicyclic) bond motifs is 1. The highest BCUT2D eigenvalue weighted by atomic mass is 35.5. The summed E-state index contributed by atoms with van der Waals surface area (Å²) in [4.78, 5) is 32.2. The number of ether oxygens (including phenoxy) is 1. The predicted molar refractivity (Wildman–Crippen MR) is 131 cm³/mol. The Labute approximate surface area is 206 Å². The van der Waals surface area contributed by atoms with Crippen molar-refractivity contribution in [3.8, 4) is 0 Å². The van der Waals surface area contributed by atoms with Crippen LogP contribution < -0.4 is 5.32 Å². The number of hydrogen-bond acceptors (Lipinski definition) is 6. The minimum absolute atomic E-state index is 0.0828. The molecule has 0 saturated carbocycles. The quantitative estimate of drug-likeness (QED) is 0.522. The summed E-state index contributed by atoms with van der Waals surface area (Å²) in [5.41, 5.74) is 3.28. The van der Waals surface area contributed by atoms with Gasteiger partial charge in [-0.1, -0.05) is 47.6 Å². The Balaban J connectivity index is 1.59. The van der Waals surface area contributed by atoms with Gasteiger partial charge in [-0.15, -0.1) is 0 Å². The number of carbonyl (C=O) groups excluding carboxylic acids is 2. The van der Waals surface area contributed by atoms with Crippen LogP contribution in [-0.4, -0.2) is 28.6 Å². The van der Waals surface area contributed by atoms with Crippen LogP contribution in [0.25, 0.3) is 0 Å². The fraction of sp³-hybridized carbons (Fsp3) is 0.240. The number of nitrogens with zero attached hydrogens (tertiary/aromatic N) is 2. The van der Waals surface area contributed by atoms with E-state index in [4.69, 9.17) is 16.3 Å². The van der Waals surface area contributed by atoms with Crippen molar-refractivity contribution in [3.05, 3.63) is 92.9 Å². The monoisotopic (exact) mass is 499 g/mol. The normalized spacial score (nSPS) is 17.2. The second-order valence-corrected chi connectivity index (χ2v) is 9.02. The maximum atomic E-state index is 13.1. The second-order valence-electron chi connectivity index (χ2n) is 7.75. The van der Waals surface area contributed by atoms with Gasteiger partial charge in [-0.05, 0) is 54.6 Å². The molecule has 0 bridgehead atoms. The van der Waals surface area contributed by atoms with Gasteiger partial charge >= 0.3 is 5.97 Å². The summed E-state index contributed by atoms with van der Waals surface area (Å²) in [5, 5.41) is 5.95. The summed E-state index contributed by atoms with van der Waals surface area (Å²) in [6, 6.07) is 12.7. The molecule has 0 saturated heterocycles. The largest absolute Gasteiger partial charge is 0.463 e. The van der Waals surface area contributed by atoms with Crippen LogP contribution in [0.5, 0.6) is 0 Å². The molecule has 0 aromatic heterocycles. The molecule has 4 rings (SSSR count). The number of aliphatic imine (C=N–C) groups is 1. The van der Waals surface area contributed by atoms with E-state index in [1.807, 2.05) is 22.4 Å². The first-order chi connectivity index (χ1) is 16.4. The molecule has 2 aliphatic heterocycles. The van der Waals surface area contributed by atoms with E-state index in [2.05, 4.69) is 10.3 Å². The number of hydrogen-bond donors (Lipinski definition) is 1. The molecule has 0 fully saturated rings. The number of esters is 1. The fourth-order valence-electron chi connectivity index (χ4n) is 3.86. The molecule has 1 amide bonds. The van der Waals surface area contributed by atoms with E-state index in [1.165, 1.54) is 23.9 Å². The van der Waals surface area contributed by atoms with Gasteiger partial charge in [0.05, 0.1) is 30.3 Å². The number of amidine groups is 1. The number of allylic oxidation sites excluding steroid dienone is 1. The highest BCUT2D eigenvalue weighted by Gasteiger charge is 2.41. The van der Waals surface area contributed by atoms with Gasteiger partial charge in [-0.2, -0.15) is 0 Å². The molecular weight excluding hydrogens is 477 g/mol. The minimum Gasteiger partial charge on any atom is -0.463 e. The first-order valence-electron chi connectivity index (χ1n) is 10.8. The molecule has 2 aromatic rings. The smallest absolute Gasteiger partial charge is 0.338 e. The molecule has 2 aromatic carbocycles. The molecule has 0 unspecified atom stereocenters. The lowest BCUT2D eigenvalue weighted by atomic mass is 9.94. The zero-order valence-electron chi connectivity index (χ0n) is 18.7.